The largest absolute Gasteiger partial charge is 0.350 e. The van der Waals surface area contributed by atoms with Crippen LogP contribution in [0, 0.1) is 11.8 Å². The van der Waals surface area contributed by atoms with Crippen molar-refractivity contribution in [2.75, 3.05) is 13.1 Å². The maximum atomic E-state index is 11.9. The predicted octanol–water partition coefficient (Wildman–Crippen LogP) is 2.07. The molecule has 6 nitrogen and oxygen atoms in total. The Morgan fingerprint density at radius 3 is 2.48 bits per heavy atom. The molecule has 1 N–H and O–H groups in total. The molecule has 2 unspecified atom stereocenters. The molecule has 0 spiro atoms. The van der Waals surface area contributed by atoms with E-state index in [-0.39, 0.29) is 12.5 Å². The fraction of sp³-hybridized carbons (Fsp3) is 0.526. The fourth-order valence-electron chi connectivity index (χ4n) is 3.66. The Kier molecular flexibility index (Phi) is 5.81. The van der Waals surface area contributed by atoms with Gasteiger partial charge in [0.25, 0.3) is 0 Å². The summed E-state index contributed by atoms with van der Waals surface area (Å²) in [5, 5.41) is 10.4. The molecular weight excluding hydrogens is 314 g/mol. The summed E-state index contributed by atoms with van der Waals surface area (Å²) in [6.07, 6.45) is 4.58. The molecule has 1 aromatic heterocycles. The van der Waals surface area contributed by atoms with E-state index >= 15 is 0 Å². The van der Waals surface area contributed by atoms with Crippen molar-refractivity contribution in [2.24, 2.45) is 11.8 Å². The molecule has 0 radical (unpaired) electrons. The van der Waals surface area contributed by atoms with Crippen molar-refractivity contribution >= 4 is 5.91 Å². The van der Waals surface area contributed by atoms with E-state index in [0.29, 0.717) is 6.54 Å². The van der Waals surface area contributed by atoms with Gasteiger partial charge in [0.15, 0.2) is 0 Å². The molecule has 0 bridgehead atoms. The van der Waals surface area contributed by atoms with Gasteiger partial charge in [-0.15, -0.1) is 5.10 Å². The summed E-state index contributed by atoms with van der Waals surface area (Å²) in [7, 11) is 0. The van der Waals surface area contributed by atoms with Gasteiger partial charge in [-0.1, -0.05) is 43.3 Å². The van der Waals surface area contributed by atoms with Crippen LogP contribution in [0.1, 0.15) is 31.4 Å². The predicted molar refractivity (Wildman–Crippen MR) is 96.5 cm³/mol. The first kappa shape index (κ1) is 17.6. The van der Waals surface area contributed by atoms with Gasteiger partial charge in [-0.05, 0) is 29.4 Å². The van der Waals surface area contributed by atoms with E-state index in [1.54, 1.807) is 12.4 Å². The normalized spacial score (nSPS) is 21.2. The molecule has 1 aromatic carbocycles. The SMILES string of the molecule is CC1CC(C)CN(Cc2ccc(CNC(=O)Cn3ccnn3)cc2)C1. The Balaban J connectivity index is 1.46. The molecule has 1 saturated heterocycles. The molecule has 134 valence electrons. The van der Waals surface area contributed by atoms with E-state index in [4.69, 9.17) is 0 Å². The number of benzene rings is 1. The Bertz CT molecular complexity index is 658. The number of aromatic nitrogens is 3. The van der Waals surface area contributed by atoms with Crippen LogP contribution in [-0.2, 0) is 24.4 Å². The van der Waals surface area contributed by atoms with Crippen molar-refractivity contribution < 1.29 is 4.79 Å². The third kappa shape index (κ3) is 5.39. The Morgan fingerprint density at radius 2 is 1.84 bits per heavy atom. The van der Waals surface area contributed by atoms with Gasteiger partial charge in [0.2, 0.25) is 5.91 Å². The number of nitrogens with zero attached hydrogens (tertiary/aromatic N) is 4. The minimum Gasteiger partial charge on any atom is -0.350 e. The van der Waals surface area contributed by atoms with Crippen LogP contribution < -0.4 is 5.32 Å². The summed E-state index contributed by atoms with van der Waals surface area (Å²) < 4.78 is 1.51. The highest BCUT2D eigenvalue weighted by atomic mass is 16.2. The van der Waals surface area contributed by atoms with Crippen LogP contribution >= 0.6 is 0 Å². The first-order valence-corrected chi connectivity index (χ1v) is 8.99. The second-order valence-electron chi connectivity index (χ2n) is 7.33. The minimum absolute atomic E-state index is 0.0640. The first-order valence-electron chi connectivity index (χ1n) is 8.99. The van der Waals surface area contributed by atoms with E-state index < -0.39 is 0 Å². The quantitative estimate of drug-likeness (QED) is 0.874. The maximum absolute atomic E-state index is 11.9. The smallest absolute Gasteiger partial charge is 0.242 e. The second kappa shape index (κ2) is 8.25. The molecular formula is C19H27N5O. The number of likely N-dealkylation sites (tertiary alicyclic amines) is 1. The zero-order chi connectivity index (χ0) is 17.6. The molecule has 2 atom stereocenters. The fourth-order valence-corrected chi connectivity index (χ4v) is 3.66. The van der Waals surface area contributed by atoms with Gasteiger partial charge in [-0.25, -0.2) is 4.68 Å². The number of carbonyl (C=O) groups excluding carboxylic acids is 1. The molecule has 3 rings (SSSR count). The van der Waals surface area contributed by atoms with Gasteiger partial charge in [-0.2, -0.15) is 0 Å². The van der Waals surface area contributed by atoms with Crippen molar-refractivity contribution in [3.05, 3.63) is 47.8 Å². The Hall–Kier alpha value is -2.21. The summed E-state index contributed by atoms with van der Waals surface area (Å²) in [5.74, 6) is 1.50. The molecule has 1 amide bonds. The molecule has 1 fully saturated rings. The Labute approximate surface area is 149 Å². The standard InChI is InChI=1S/C19H27N5O/c1-15-9-16(2)12-23(11-15)13-18-5-3-17(4-6-18)10-20-19(25)14-24-8-7-21-22-24/h3-8,15-16H,9-14H2,1-2H3,(H,20,25). The zero-order valence-electron chi connectivity index (χ0n) is 15.1. The number of hydrogen-bond acceptors (Lipinski definition) is 4. The average Bonchev–Trinajstić information content (AvgIpc) is 3.06. The van der Waals surface area contributed by atoms with Crippen molar-refractivity contribution in [2.45, 2.75) is 39.9 Å². The van der Waals surface area contributed by atoms with Gasteiger partial charge < -0.3 is 5.32 Å². The molecule has 25 heavy (non-hydrogen) atoms. The highest BCUT2D eigenvalue weighted by molar-refractivity contribution is 5.75. The van der Waals surface area contributed by atoms with Crippen molar-refractivity contribution in [1.82, 2.24) is 25.2 Å². The molecule has 2 heterocycles. The third-order valence-corrected chi connectivity index (χ3v) is 4.64. The van der Waals surface area contributed by atoms with E-state index in [1.807, 2.05) is 0 Å². The van der Waals surface area contributed by atoms with E-state index in [2.05, 4.69) is 58.6 Å². The van der Waals surface area contributed by atoms with Crippen LogP contribution in [0.3, 0.4) is 0 Å². The summed E-state index contributed by atoms with van der Waals surface area (Å²) in [6.45, 7) is 8.79. The van der Waals surface area contributed by atoms with Crippen LogP contribution in [0.15, 0.2) is 36.7 Å². The van der Waals surface area contributed by atoms with Gasteiger partial charge in [-0.3, -0.25) is 9.69 Å². The summed E-state index contributed by atoms with van der Waals surface area (Å²) in [6, 6.07) is 8.54. The first-order chi connectivity index (χ1) is 12.1. The van der Waals surface area contributed by atoms with E-state index in [9.17, 15) is 4.79 Å². The maximum Gasteiger partial charge on any atom is 0.242 e. The lowest BCUT2D eigenvalue weighted by Crippen LogP contribution is -2.38. The Morgan fingerprint density at radius 1 is 1.16 bits per heavy atom. The monoisotopic (exact) mass is 341 g/mol. The topological polar surface area (TPSA) is 63.1 Å². The second-order valence-corrected chi connectivity index (χ2v) is 7.33. The molecule has 0 aliphatic carbocycles. The lowest BCUT2D eigenvalue weighted by Gasteiger charge is -2.35. The summed E-state index contributed by atoms with van der Waals surface area (Å²) in [4.78, 5) is 14.4. The van der Waals surface area contributed by atoms with Crippen molar-refractivity contribution in [1.29, 1.82) is 0 Å². The minimum atomic E-state index is -0.0640. The molecule has 1 aliphatic heterocycles. The highest BCUT2D eigenvalue weighted by Gasteiger charge is 2.21. The van der Waals surface area contributed by atoms with Gasteiger partial charge in [0, 0.05) is 32.4 Å². The van der Waals surface area contributed by atoms with Crippen molar-refractivity contribution in [3.63, 3.8) is 0 Å². The van der Waals surface area contributed by atoms with Crippen LogP contribution in [0.5, 0.6) is 0 Å². The van der Waals surface area contributed by atoms with Crippen LogP contribution in [0.4, 0.5) is 0 Å². The lowest BCUT2D eigenvalue weighted by atomic mass is 9.91. The molecule has 0 saturated carbocycles. The molecule has 6 heteroatoms. The third-order valence-electron chi connectivity index (χ3n) is 4.64. The summed E-state index contributed by atoms with van der Waals surface area (Å²) >= 11 is 0. The highest BCUT2D eigenvalue weighted by Crippen LogP contribution is 2.22. The van der Waals surface area contributed by atoms with Crippen LogP contribution in [0.2, 0.25) is 0 Å². The summed E-state index contributed by atoms with van der Waals surface area (Å²) in [5.41, 5.74) is 2.44. The van der Waals surface area contributed by atoms with Crippen LogP contribution in [0.25, 0.3) is 0 Å². The number of amides is 1. The molecule has 2 aromatic rings. The van der Waals surface area contributed by atoms with Gasteiger partial charge in [0.05, 0.1) is 6.20 Å². The van der Waals surface area contributed by atoms with Gasteiger partial charge >= 0.3 is 0 Å². The zero-order valence-corrected chi connectivity index (χ0v) is 15.1. The number of nitrogens with one attached hydrogen (secondary N) is 1. The van der Waals surface area contributed by atoms with E-state index in [1.165, 1.54) is 29.8 Å². The number of carbonyl (C=O) groups is 1. The molecule has 1 aliphatic rings. The van der Waals surface area contributed by atoms with Crippen molar-refractivity contribution in [3.8, 4) is 0 Å². The van der Waals surface area contributed by atoms with E-state index in [0.717, 1.165) is 23.9 Å². The number of hydrogen-bond donors (Lipinski definition) is 1. The number of piperidine rings is 1. The number of rotatable bonds is 6. The average molecular weight is 341 g/mol. The van der Waals surface area contributed by atoms with Crippen LogP contribution in [-0.4, -0.2) is 38.9 Å². The lowest BCUT2D eigenvalue weighted by molar-refractivity contribution is -0.122. The van der Waals surface area contributed by atoms with Gasteiger partial charge in [0.1, 0.15) is 6.54 Å².